The van der Waals surface area contributed by atoms with Gasteiger partial charge in [-0.05, 0) is 109 Å². The molecule has 0 aliphatic carbocycles. The summed E-state index contributed by atoms with van der Waals surface area (Å²) in [5.74, 6) is 0. The largest absolute Gasteiger partial charge is 0.456 e. The van der Waals surface area contributed by atoms with Gasteiger partial charge in [-0.15, -0.1) is 0 Å². The van der Waals surface area contributed by atoms with Gasteiger partial charge in [0.2, 0.25) is 0 Å². The van der Waals surface area contributed by atoms with E-state index in [-0.39, 0.29) is 0 Å². The summed E-state index contributed by atoms with van der Waals surface area (Å²) in [6, 6.07) is 84.9. The molecule has 11 aromatic rings. The summed E-state index contributed by atoms with van der Waals surface area (Å²) >= 11 is 0. The first-order valence-electron chi connectivity index (χ1n) is 20.5. The van der Waals surface area contributed by atoms with E-state index in [1.54, 1.807) is 0 Å². The molecule has 0 unspecified atom stereocenters. The summed E-state index contributed by atoms with van der Waals surface area (Å²) in [4.78, 5) is 2.40. The molecule has 0 atom stereocenters. The normalized spacial score (nSPS) is 11.3. The predicted molar refractivity (Wildman–Crippen MR) is 253 cm³/mol. The molecule has 0 amide bonds. The van der Waals surface area contributed by atoms with Gasteiger partial charge in [0.25, 0.3) is 0 Å². The number of anilines is 3. The van der Waals surface area contributed by atoms with Crippen molar-refractivity contribution in [3.8, 4) is 55.6 Å². The third-order valence-electron chi connectivity index (χ3n) is 11.7. The second kappa shape index (κ2) is 15.1. The van der Waals surface area contributed by atoms with Gasteiger partial charge in [0, 0.05) is 27.7 Å². The summed E-state index contributed by atoms with van der Waals surface area (Å²) in [5, 5.41) is 4.63. The monoisotopic (exact) mass is 765 g/mol. The smallest absolute Gasteiger partial charge is 0.135 e. The number of hydrogen-bond donors (Lipinski definition) is 0. The number of para-hydroxylation sites is 2. The molecule has 1 aromatic heterocycles. The van der Waals surface area contributed by atoms with Crippen molar-refractivity contribution < 1.29 is 4.42 Å². The van der Waals surface area contributed by atoms with Crippen LogP contribution in [-0.2, 0) is 0 Å². The summed E-state index contributed by atoms with van der Waals surface area (Å²) in [6.45, 7) is 0. The van der Waals surface area contributed by atoms with Crippen molar-refractivity contribution in [2.75, 3.05) is 4.90 Å². The van der Waals surface area contributed by atoms with Gasteiger partial charge < -0.3 is 9.32 Å². The first-order chi connectivity index (χ1) is 29.8. The van der Waals surface area contributed by atoms with Crippen molar-refractivity contribution in [1.82, 2.24) is 0 Å². The lowest BCUT2D eigenvalue weighted by Crippen LogP contribution is -2.11. The van der Waals surface area contributed by atoms with Gasteiger partial charge in [0.1, 0.15) is 11.2 Å². The van der Waals surface area contributed by atoms with Gasteiger partial charge in [0.15, 0.2) is 0 Å². The van der Waals surface area contributed by atoms with Crippen LogP contribution in [0.15, 0.2) is 241 Å². The summed E-state index contributed by atoms with van der Waals surface area (Å²) < 4.78 is 6.32. The molecule has 0 N–H and O–H groups in total. The minimum absolute atomic E-state index is 0.873. The van der Waals surface area contributed by atoms with E-state index in [9.17, 15) is 0 Å². The number of rotatable bonds is 8. The summed E-state index contributed by atoms with van der Waals surface area (Å²) in [7, 11) is 0. The number of hydrogen-bond acceptors (Lipinski definition) is 2. The maximum atomic E-state index is 6.32. The van der Waals surface area contributed by atoms with Crippen molar-refractivity contribution in [3.05, 3.63) is 237 Å². The van der Waals surface area contributed by atoms with Crippen molar-refractivity contribution in [2.24, 2.45) is 0 Å². The van der Waals surface area contributed by atoms with Gasteiger partial charge in [-0.2, -0.15) is 0 Å². The molecule has 0 saturated carbocycles. The van der Waals surface area contributed by atoms with Gasteiger partial charge in [-0.3, -0.25) is 0 Å². The highest BCUT2D eigenvalue weighted by molar-refractivity contribution is 6.10. The third kappa shape index (κ3) is 6.32. The molecule has 0 aliphatic heterocycles. The lowest BCUT2D eigenvalue weighted by molar-refractivity contribution is 0.669. The molecule has 2 nitrogen and oxygen atoms in total. The van der Waals surface area contributed by atoms with E-state index in [0.717, 1.165) is 50.1 Å². The van der Waals surface area contributed by atoms with E-state index in [1.165, 1.54) is 55.3 Å². The summed E-state index contributed by atoms with van der Waals surface area (Å²) in [6.07, 6.45) is 0. The SMILES string of the molecule is c1ccc(-c2ccc(-c3ccc(N(c4ccc5oc6ccccc6c5c4)c4ccccc4-c4cccc5cccc(-c6ccccc6)c45)cc3)cc2-c2ccccc2)cc1. The van der Waals surface area contributed by atoms with Crippen LogP contribution in [0.4, 0.5) is 17.1 Å². The van der Waals surface area contributed by atoms with E-state index in [2.05, 4.69) is 229 Å². The van der Waals surface area contributed by atoms with Crippen molar-refractivity contribution in [2.45, 2.75) is 0 Å². The molecule has 0 saturated heterocycles. The van der Waals surface area contributed by atoms with Crippen LogP contribution in [-0.4, -0.2) is 0 Å². The van der Waals surface area contributed by atoms with Crippen LogP contribution in [0.2, 0.25) is 0 Å². The van der Waals surface area contributed by atoms with E-state index in [1.807, 2.05) is 12.1 Å². The quantitative estimate of drug-likeness (QED) is 0.153. The highest BCUT2D eigenvalue weighted by atomic mass is 16.3. The Kier molecular flexibility index (Phi) is 8.87. The fourth-order valence-electron chi connectivity index (χ4n) is 8.85. The van der Waals surface area contributed by atoms with Crippen LogP contribution in [0.1, 0.15) is 0 Å². The fourth-order valence-corrected chi connectivity index (χ4v) is 8.85. The number of fused-ring (bicyclic) bond motifs is 4. The average Bonchev–Trinajstić information content (AvgIpc) is 3.70. The Bertz CT molecular complexity index is 3290. The van der Waals surface area contributed by atoms with Gasteiger partial charge in [-0.1, -0.05) is 188 Å². The van der Waals surface area contributed by atoms with Crippen LogP contribution in [0.3, 0.4) is 0 Å². The Morgan fingerprint density at radius 3 is 1.57 bits per heavy atom. The molecule has 0 radical (unpaired) electrons. The van der Waals surface area contributed by atoms with Crippen LogP contribution < -0.4 is 4.90 Å². The highest BCUT2D eigenvalue weighted by Gasteiger charge is 2.21. The van der Waals surface area contributed by atoms with Crippen LogP contribution in [0.5, 0.6) is 0 Å². The fraction of sp³-hybridized carbons (Fsp3) is 0. The summed E-state index contributed by atoms with van der Waals surface area (Å²) in [5.41, 5.74) is 16.9. The first kappa shape index (κ1) is 35.2. The lowest BCUT2D eigenvalue weighted by atomic mass is 9.90. The predicted octanol–water partition coefficient (Wildman–Crippen LogP) is 16.5. The maximum Gasteiger partial charge on any atom is 0.135 e. The van der Waals surface area contributed by atoms with Crippen LogP contribution >= 0.6 is 0 Å². The molecule has 1 heterocycles. The van der Waals surface area contributed by atoms with E-state index < -0.39 is 0 Å². The molecule has 11 rings (SSSR count). The molecule has 0 bridgehead atoms. The number of benzene rings is 10. The first-order valence-corrected chi connectivity index (χ1v) is 20.5. The third-order valence-corrected chi connectivity index (χ3v) is 11.7. The zero-order chi connectivity index (χ0) is 39.8. The molecule has 0 fully saturated rings. The van der Waals surface area contributed by atoms with Crippen LogP contribution in [0.25, 0.3) is 88.3 Å². The standard InChI is InChI=1S/C58H39NO/c1-4-16-41(17-5-1)48-36-32-45(38-53(48)43-20-8-3-9-21-43)40-30-33-46(34-31-40)59(47-35-37-57-54(39-47)51-25-11-13-29-56(51)60-57)55-28-12-10-24-50(55)52-27-15-23-44-22-14-26-49(58(44)52)42-18-6-2-7-19-42/h1-39H. The Balaban J connectivity index is 1.09. The van der Waals surface area contributed by atoms with Crippen molar-refractivity contribution >= 4 is 49.8 Å². The second-order valence-electron chi connectivity index (χ2n) is 15.2. The highest BCUT2D eigenvalue weighted by Crippen LogP contribution is 2.46. The molecule has 0 aliphatic rings. The Labute approximate surface area is 349 Å². The number of nitrogens with zero attached hydrogens (tertiary/aromatic N) is 1. The van der Waals surface area contributed by atoms with Gasteiger partial charge in [-0.25, -0.2) is 0 Å². The Morgan fingerprint density at radius 2 is 0.833 bits per heavy atom. The Morgan fingerprint density at radius 1 is 0.283 bits per heavy atom. The van der Waals surface area contributed by atoms with Gasteiger partial charge in [0.05, 0.1) is 5.69 Å². The minimum atomic E-state index is 0.873. The zero-order valence-corrected chi connectivity index (χ0v) is 32.9. The van der Waals surface area contributed by atoms with Crippen molar-refractivity contribution in [3.63, 3.8) is 0 Å². The van der Waals surface area contributed by atoms with E-state index in [0.29, 0.717) is 0 Å². The zero-order valence-electron chi connectivity index (χ0n) is 32.9. The van der Waals surface area contributed by atoms with Gasteiger partial charge >= 0.3 is 0 Å². The van der Waals surface area contributed by atoms with Crippen LogP contribution in [0, 0.1) is 0 Å². The molecular weight excluding hydrogens is 727 g/mol. The molecule has 60 heavy (non-hydrogen) atoms. The molecule has 282 valence electrons. The molecule has 0 spiro atoms. The second-order valence-corrected chi connectivity index (χ2v) is 15.2. The van der Waals surface area contributed by atoms with E-state index in [4.69, 9.17) is 4.42 Å². The Hall–Kier alpha value is -7.94. The topological polar surface area (TPSA) is 16.4 Å². The number of furan rings is 1. The lowest BCUT2D eigenvalue weighted by Gasteiger charge is -2.28. The molecular formula is C58H39NO. The van der Waals surface area contributed by atoms with Crippen molar-refractivity contribution in [1.29, 1.82) is 0 Å². The van der Waals surface area contributed by atoms with E-state index >= 15 is 0 Å². The molecule has 10 aromatic carbocycles. The minimum Gasteiger partial charge on any atom is -0.456 e. The maximum absolute atomic E-state index is 6.32. The molecule has 2 heteroatoms. The average molecular weight is 766 g/mol.